The van der Waals surface area contributed by atoms with Crippen molar-refractivity contribution in [3.05, 3.63) is 72.8 Å². The molecule has 0 spiro atoms. The first-order chi connectivity index (χ1) is 14.0. The summed E-state index contributed by atoms with van der Waals surface area (Å²) < 4.78 is 7.30. The number of ether oxygens (including phenoxy) is 1. The Bertz CT molecular complexity index is 944. The van der Waals surface area contributed by atoms with E-state index in [0.29, 0.717) is 18.0 Å². The number of pyridine rings is 1. The summed E-state index contributed by atoms with van der Waals surface area (Å²) in [6.45, 7) is 2.06. The number of amides is 2. The Morgan fingerprint density at radius 3 is 2.79 bits per heavy atom. The van der Waals surface area contributed by atoms with E-state index in [4.69, 9.17) is 4.74 Å². The van der Waals surface area contributed by atoms with Gasteiger partial charge in [-0.3, -0.25) is 19.3 Å². The maximum atomic E-state index is 12.5. The molecule has 0 aliphatic heterocycles. The molecule has 0 aliphatic rings. The molecule has 3 rings (SSSR count). The van der Waals surface area contributed by atoms with Crippen LogP contribution in [0.25, 0.3) is 0 Å². The van der Waals surface area contributed by atoms with E-state index in [-0.39, 0.29) is 18.4 Å². The van der Waals surface area contributed by atoms with Crippen LogP contribution in [-0.4, -0.2) is 45.1 Å². The lowest BCUT2D eigenvalue weighted by Gasteiger charge is -2.21. The molecule has 150 valence electrons. The van der Waals surface area contributed by atoms with Crippen molar-refractivity contribution in [1.82, 2.24) is 19.7 Å². The summed E-state index contributed by atoms with van der Waals surface area (Å²) in [7, 11) is 1.59. The average molecular weight is 393 g/mol. The monoisotopic (exact) mass is 393 g/mol. The Kier molecular flexibility index (Phi) is 6.57. The fraction of sp³-hybridized carbons (Fsp3) is 0.238. The van der Waals surface area contributed by atoms with Gasteiger partial charge in [0.2, 0.25) is 11.8 Å². The van der Waals surface area contributed by atoms with Gasteiger partial charge in [-0.25, -0.2) is 0 Å². The van der Waals surface area contributed by atoms with Gasteiger partial charge in [0.05, 0.1) is 6.54 Å². The van der Waals surface area contributed by atoms with Crippen molar-refractivity contribution in [2.24, 2.45) is 0 Å². The molecule has 3 aromatic rings. The van der Waals surface area contributed by atoms with Gasteiger partial charge in [-0.1, -0.05) is 12.1 Å². The van der Waals surface area contributed by atoms with E-state index < -0.39 is 6.04 Å². The second-order valence-corrected chi connectivity index (χ2v) is 6.58. The number of hydrogen-bond acceptors (Lipinski definition) is 5. The predicted octanol–water partition coefficient (Wildman–Crippen LogP) is 2.52. The van der Waals surface area contributed by atoms with Gasteiger partial charge >= 0.3 is 0 Å². The molecule has 8 nitrogen and oxygen atoms in total. The van der Waals surface area contributed by atoms with Gasteiger partial charge in [0.25, 0.3) is 0 Å². The molecule has 1 aromatic carbocycles. The van der Waals surface area contributed by atoms with Gasteiger partial charge in [-0.15, -0.1) is 0 Å². The molecule has 1 unspecified atom stereocenters. The summed E-state index contributed by atoms with van der Waals surface area (Å²) in [6.07, 6.45) is 6.77. The number of aromatic nitrogens is 3. The second kappa shape index (κ2) is 9.50. The fourth-order valence-corrected chi connectivity index (χ4v) is 2.75. The molecular formula is C21H23N5O3. The van der Waals surface area contributed by atoms with Crippen LogP contribution in [0.1, 0.15) is 18.5 Å². The highest BCUT2D eigenvalue weighted by molar-refractivity contribution is 5.95. The van der Waals surface area contributed by atoms with Gasteiger partial charge in [-0.05, 0) is 31.2 Å². The lowest BCUT2D eigenvalue weighted by Crippen LogP contribution is -2.38. The van der Waals surface area contributed by atoms with Crippen LogP contribution in [0.15, 0.2) is 67.3 Å². The molecule has 2 heterocycles. The Labute approximate surface area is 169 Å². The lowest BCUT2D eigenvalue weighted by atomic mass is 10.2. The Morgan fingerprint density at radius 2 is 2.07 bits per heavy atom. The van der Waals surface area contributed by atoms with Crippen LogP contribution in [0.5, 0.6) is 5.75 Å². The van der Waals surface area contributed by atoms with Crippen LogP contribution >= 0.6 is 0 Å². The molecular weight excluding hydrogens is 370 g/mol. The third-order valence-electron chi connectivity index (χ3n) is 4.28. The second-order valence-electron chi connectivity index (χ2n) is 6.58. The van der Waals surface area contributed by atoms with Gasteiger partial charge in [0, 0.05) is 49.2 Å². The molecule has 0 saturated carbocycles. The van der Waals surface area contributed by atoms with Crippen LogP contribution in [0, 0.1) is 0 Å². The summed E-state index contributed by atoms with van der Waals surface area (Å²) in [5, 5.41) is 6.86. The highest BCUT2D eigenvalue weighted by Gasteiger charge is 2.21. The topological polar surface area (TPSA) is 89.4 Å². The van der Waals surface area contributed by atoms with Gasteiger partial charge in [-0.2, -0.15) is 5.10 Å². The van der Waals surface area contributed by atoms with E-state index in [1.54, 1.807) is 67.7 Å². The number of nitrogens with one attached hydrogen (secondary N) is 1. The molecule has 0 saturated heterocycles. The van der Waals surface area contributed by atoms with E-state index in [0.717, 1.165) is 5.56 Å². The average Bonchev–Trinajstić information content (AvgIpc) is 3.27. The van der Waals surface area contributed by atoms with Crippen LogP contribution in [0.4, 0.5) is 5.69 Å². The molecule has 0 aliphatic carbocycles. The first kappa shape index (κ1) is 20.1. The summed E-state index contributed by atoms with van der Waals surface area (Å²) in [4.78, 5) is 30.2. The summed E-state index contributed by atoms with van der Waals surface area (Å²) >= 11 is 0. The maximum absolute atomic E-state index is 12.5. The minimum absolute atomic E-state index is 0.0643. The van der Waals surface area contributed by atoms with Crippen LogP contribution in [-0.2, 0) is 16.2 Å². The first-order valence-electron chi connectivity index (χ1n) is 9.18. The van der Waals surface area contributed by atoms with Crippen molar-refractivity contribution < 1.29 is 14.3 Å². The molecule has 1 N–H and O–H groups in total. The molecule has 2 amide bonds. The molecule has 2 aromatic heterocycles. The van der Waals surface area contributed by atoms with Crippen molar-refractivity contribution in [3.63, 3.8) is 0 Å². The number of anilines is 1. The number of benzene rings is 1. The molecule has 29 heavy (non-hydrogen) atoms. The minimum Gasteiger partial charge on any atom is -0.489 e. The number of rotatable bonds is 8. The smallest absolute Gasteiger partial charge is 0.247 e. The number of carbonyl (C=O) groups excluding carboxylic acids is 2. The quantitative estimate of drug-likeness (QED) is 0.635. The van der Waals surface area contributed by atoms with Crippen molar-refractivity contribution in [1.29, 1.82) is 0 Å². The van der Waals surface area contributed by atoms with E-state index in [2.05, 4.69) is 15.4 Å². The van der Waals surface area contributed by atoms with Crippen molar-refractivity contribution in [3.8, 4) is 5.75 Å². The molecule has 0 radical (unpaired) electrons. The van der Waals surface area contributed by atoms with Gasteiger partial charge < -0.3 is 15.0 Å². The number of carbonyl (C=O) groups is 2. The van der Waals surface area contributed by atoms with E-state index >= 15 is 0 Å². The standard InChI is InChI=1S/C21H23N5O3/c1-16(26-11-5-10-23-26)21(28)25(2)14-20(27)24-18-7-3-8-19(12-18)29-15-17-6-4-9-22-13-17/h3-13,16H,14-15H2,1-2H3,(H,24,27). The van der Waals surface area contributed by atoms with Crippen LogP contribution in [0.3, 0.4) is 0 Å². The zero-order valence-electron chi connectivity index (χ0n) is 16.4. The Morgan fingerprint density at radius 1 is 1.21 bits per heavy atom. The normalized spacial score (nSPS) is 11.5. The summed E-state index contributed by atoms with van der Waals surface area (Å²) in [5.41, 5.74) is 1.55. The predicted molar refractivity (Wildman–Crippen MR) is 108 cm³/mol. The lowest BCUT2D eigenvalue weighted by molar-refractivity contribution is -0.136. The SMILES string of the molecule is CC(C(=O)N(C)CC(=O)Nc1cccc(OCc2cccnc2)c1)n1cccn1. The van der Waals surface area contributed by atoms with Crippen molar-refractivity contribution >= 4 is 17.5 Å². The maximum Gasteiger partial charge on any atom is 0.247 e. The first-order valence-corrected chi connectivity index (χ1v) is 9.18. The highest BCUT2D eigenvalue weighted by Crippen LogP contribution is 2.18. The van der Waals surface area contributed by atoms with Gasteiger partial charge in [0.15, 0.2) is 0 Å². The van der Waals surface area contributed by atoms with E-state index in [9.17, 15) is 9.59 Å². The number of likely N-dealkylation sites (N-methyl/N-ethyl adjacent to an activating group) is 1. The number of nitrogens with zero attached hydrogens (tertiary/aromatic N) is 4. The van der Waals surface area contributed by atoms with Crippen LogP contribution < -0.4 is 10.1 Å². The highest BCUT2D eigenvalue weighted by atomic mass is 16.5. The molecule has 1 atom stereocenters. The van der Waals surface area contributed by atoms with Crippen LogP contribution in [0.2, 0.25) is 0 Å². The van der Waals surface area contributed by atoms with E-state index in [1.807, 2.05) is 18.2 Å². The Hall–Kier alpha value is -3.68. The third kappa shape index (κ3) is 5.65. The molecule has 8 heteroatoms. The zero-order chi connectivity index (χ0) is 20.6. The molecule has 0 bridgehead atoms. The summed E-state index contributed by atoms with van der Waals surface area (Å²) in [5.74, 6) is 0.138. The zero-order valence-corrected chi connectivity index (χ0v) is 16.4. The molecule has 0 fully saturated rings. The minimum atomic E-state index is -0.480. The van der Waals surface area contributed by atoms with Crippen molar-refractivity contribution in [2.75, 3.05) is 18.9 Å². The third-order valence-corrected chi connectivity index (χ3v) is 4.28. The number of hydrogen-bond donors (Lipinski definition) is 1. The largest absolute Gasteiger partial charge is 0.489 e. The Balaban J connectivity index is 1.53. The fourth-order valence-electron chi connectivity index (χ4n) is 2.75. The summed E-state index contributed by atoms with van der Waals surface area (Å²) in [6, 6.07) is 12.2. The van der Waals surface area contributed by atoms with E-state index in [1.165, 1.54) is 4.90 Å². The van der Waals surface area contributed by atoms with Gasteiger partial charge in [0.1, 0.15) is 18.4 Å². The van der Waals surface area contributed by atoms with Crippen molar-refractivity contribution in [2.45, 2.75) is 19.6 Å².